The van der Waals surface area contributed by atoms with E-state index in [2.05, 4.69) is 4.98 Å². The number of carbonyl (C=O) groups excluding carboxylic acids is 1. The van der Waals surface area contributed by atoms with E-state index in [1.54, 1.807) is 73.1 Å². The van der Waals surface area contributed by atoms with E-state index in [1.165, 1.54) is 0 Å². The molecule has 120 valence electrons. The van der Waals surface area contributed by atoms with Crippen molar-refractivity contribution in [3.63, 3.8) is 0 Å². The van der Waals surface area contributed by atoms with Gasteiger partial charge in [-0.25, -0.2) is 0 Å². The summed E-state index contributed by atoms with van der Waals surface area (Å²) in [5.41, 5.74) is 5.93. The molecule has 0 aliphatic rings. The molecule has 0 aliphatic carbocycles. The van der Waals surface area contributed by atoms with Crippen LogP contribution in [0.3, 0.4) is 0 Å². The van der Waals surface area contributed by atoms with E-state index in [9.17, 15) is 9.90 Å². The highest BCUT2D eigenvalue weighted by molar-refractivity contribution is 6.30. The Morgan fingerprint density at radius 2 is 1.71 bits per heavy atom. The highest BCUT2D eigenvalue weighted by Gasteiger charge is 2.34. The third kappa shape index (κ3) is 2.89. The predicted molar refractivity (Wildman–Crippen MR) is 92.7 cm³/mol. The zero-order chi connectivity index (χ0) is 17.2. The molecule has 2 aromatic carbocycles. The first-order valence-corrected chi connectivity index (χ1v) is 7.69. The van der Waals surface area contributed by atoms with Crippen LogP contribution in [0.25, 0.3) is 0 Å². The van der Waals surface area contributed by atoms with Crippen molar-refractivity contribution < 1.29 is 9.90 Å². The third-order valence-corrected chi connectivity index (χ3v) is 4.16. The lowest BCUT2D eigenvalue weighted by molar-refractivity contribution is 0.0999. The van der Waals surface area contributed by atoms with E-state index in [-0.39, 0.29) is 0 Å². The molecule has 1 unspecified atom stereocenters. The van der Waals surface area contributed by atoms with Gasteiger partial charge in [-0.05, 0) is 41.5 Å². The first-order chi connectivity index (χ1) is 11.5. The standard InChI is InChI=1S/C19H15ClN2O2/c20-17-8-6-14(7-9-17)19(24,16-5-2-10-22-12-16)15-4-1-3-13(11-15)18(21)23/h1-12,24H,(H2,21,23). The molecule has 3 rings (SSSR count). The summed E-state index contributed by atoms with van der Waals surface area (Å²) in [5.74, 6) is -0.554. The fourth-order valence-electron chi connectivity index (χ4n) is 2.67. The van der Waals surface area contributed by atoms with E-state index in [0.29, 0.717) is 27.3 Å². The average Bonchev–Trinajstić information content (AvgIpc) is 2.62. The molecule has 24 heavy (non-hydrogen) atoms. The van der Waals surface area contributed by atoms with Crippen LogP contribution in [0, 0.1) is 0 Å². The summed E-state index contributed by atoms with van der Waals surface area (Å²) in [5, 5.41) is 12.2. The molecule has 0 saturated heterocycles. The van der Waals surface area contributed by atoms with E-state index >= 15 is 0 Å². The number of rotatable bonds is 4. The topological polar surface area (TPSA) is 76.2 Å². The van der Waals surface area contributed by atoms with Crippen molar-refractivity contribution in [1.82, 2.24) is 4.98 Å². The summed E-state index contributed by atoms with van der Waals surface area (Å²) in [6, 6.07) is 17.0. The molecule has 0 fully saturated rings. The summed E-state index contributed by atoms with van der Waals surface area (Å²) in [4.78, 5) is 15.6. The molecule has 1 atom stereocenters. The number of primary amides is 1. The van der Waals surface area contributed by atoms with Crippen molar-refractivity contribution in [3.05, 3.63) is 100 Å². The molecule has 0 saturated carbocycles. The summed E-state index contributed by atoms with van der Waals surface area (Å²) in [6.07, 6.45) is 3.22. The van der Waals surface area contributed by atoms with Gasteiger partial charge in [-0.15, -0.1) is 0 Å². The molecular weight excluding hydrogens is 324 g/mol. The van der Waals surface area contributed by atoms with Crippen LogP contribution >= 0.6 is 11.6 Å². The zero-order valence-corrected chi connectivity index (χ0v) is 13.4. The Morgan fingerprint density at radius 3 is 2.33 bits per heavy atom. The second-order valence-corrected chi connectivity index (χ2v) is 5.84. The molecule has 0 aliphatic heterocycles. The van der Waals surface area contributed by atoms with Crippen molar-refractivity contribution in [2.75, 3.05) is 0 Å². The lowest BCUT2D eigenvalue weighted by Gasteiger charge is -2.30. The van der Waals surface area contributed by atoms with Crippen molar-refractivity contribution in [2.45, 2.75) is 5.60 Å². The minimum absolute atomic E-state index is 0.323. The second kappa shape index (κ2) is 6.43. The minimum atomic E-state index is -1.48. The van der Waals surface area contributed by atoms with Gasteiger partial charge in [-0.1, -0.05) is 41.9 Å². The summed E-state index contributed by atoms with van der Waals surface area (Å²) < 4.78 is 0. The van der Waals surface area contributed by atoms with Gasteiger partial charge in [0.15, 0.2) is 0 Å². The quantitative estimate of drug-likeness (QED) is 0.767. The maximum atomic E-state index is 11.6. The maximum Gasteiger partial charge on any atom is 0.248 e. The second-order valence-electron chi connectivity index (χ2n) is 5.40. The molecule has 5 heteroatoms. The van der Waals surface area contributed by atoms with Crippen LogP contribution < -0.4 is 5.73 Å². The lowest BCUT2D eigenvalue weighted by atomic mass is 9.80. The number of aromatic nitrogens is 1. The molecule has 0 spiro atoms. The van der Waals surface area contributed by atoms with Crippen LogP contribution in [0.1, 0.15) is 27.0 Å². The minimum Gasteiger partial charge on any atom is -0.376 e. The SMILES string of the molecule is NC(=O)c1cccc(C(O)(c2ccc(Cl)cc2)c2cccnc2)c1. The van der Waals surface area contributed by atoms with E-state index in [0.717, 1.165) is 0 Å². The Labute approximate surface area is 144 Å². The van der Waals surface area contributed by atoms with Gasteiger partial charge < -0.3 is 10.8 Å². The van der Waals surface area contributed by atoms with Crippen LogP contribution in [0.5, 0.6) is 0 Å². The summed E-state index contributed by atoms with van der Waals surface area (Å²) in [7, 11) is 0. The monoisotopic (exact) mass is 338 g/mol. The molecule has 3 N–H and O–H groups in total. The van der Waals surface area contributed by atoms with Gasteiger partial charge in [0.2, 0.25) is 5.91 Å². The lowest BCUT2D eigenvalue weighted by Crippen LogP contribution is -2.29. The van der Waals surface area contributed by atoms with E-state index in [1.807, 2.05) is 0 Å². The smallest absolute Gasteiger partial charge is 0.248 e. The third-order valence-electron chi connectivity index (χ3n) is 3.91. The van der Waals surface area contributed by atoms with Crippen molar-refractivity contribution in [2.24, 2.45) is 5.73 Å². The van der Waals surface area contributed by atoms with Gasteiger partial charge in [0.1, 0.15) is 5.60 Å². The Hall–Kier alpha value is -2.69. The number of carbonyl (C=O) groups is 1. The largest absolute Gasteiger partial charge is 0.376 e. The van der Waals surface area contributed by atoms with Crippen LogP contribution in [-0.4, -0.2) is 16.0 Å². The number of halogens is 1. The van der Waals surface area contributed by atoms with Gasteiger partial charge in [0.25, 0.3) is 0 Å². The molecule has 0 radical (unpaired) electrons. The molecular formula is C19H15ClN2O2. The molecule has 1 aromatic heterocycles. The molecule has 1 heterocycles. The van der Waals surface area contributed by atoms with Gasteiger partial charge >= 0.3 is 0 Å². The summed E-state index contributed by atoms with van der Waals surface area (Å²) in [6.45, 7) is 0. The molecule has 4 nitrogen and oxygen atoms in total. The average molecular weight is 339 g/mol. The van der Waals surface area contributed by atoms with Crippen LogP contribution in [-0.2, 0) is 5.60 Å². The zero-order valence-electron chi connectivity index (χ0n) is 12.7. The van der Waals surface area contributed by atoms with Crippen molar-refractivity contribution in [3.8, 4) is 0 Å². The highest BCUT2D eigenvalue weighted by atomic mass is 35.5. The number of hydrogen-bond acceptors (Lipinski definition) is 3. The maximum absolute atomic E-state index is 11.6. The van der Waals surface area contributed by atoms with Gasteiger partial charge in [-0.3, -0.25) is 9.78 Å². The Bertz CT molecular complexity index is 866. The van der Waals surface area contributed by atoms with Crippen molar-refractivity contribution in [1.29, 1.82) is 0 Å². The fraction of sp³-hybridized carbons (Fsp3) is 0.0526. The Morgan fingerprint density at radius 1 is 1.00 bits per heavy atom. The summed E-state index contributed by atoms with van der Waals surface area (Å²) >= 11 is 5.97. The number of nitrogens with zero attached hydrogens (tertiary/aromatic N) is 1. The van der Waals surface area contributed by atoms with Crippen LogP contribution in [0.2, 0.25) is 5.02 Å². The van der Waals surface area contributed by atoms with Gasteiger partial charge in [-0.2, -0.15) is 0 Å². The normalized spacial score (nSPS) is 13.2. The van der Waals surface area contributed by atoms with Crippen molar-refractivity contribution >= 4 is 17.5 Å². The van der Waals surface area contributed by atoms with Crippen LogP contribution in [0.4, 0.5) is 0 Å². The van der Waals surface area contributed by atoms with Gasteiger partial charge in [0, 0.05) is 28.5 Å². The first-order valence-electron chi connectivity index (χ1n) is 7.31. The Balaban J connectivity index is 2.25. The number of nitrogens with two attached hydrogens (primary N) is 1. The number of aliphatic hydroxyl groups is 1. The highest BCUT2D eigenvalue weighted by Crippen LogP contribution is 2.37. The first kappa shape index (κ1) is 16.2. The molecule has 0 bridgehead atoms. The number of amides is 1. The predicted octanol–water partition coefficient (Wildman–Crippen LogP) is 3.12. The number of benzene rings is 2. The van der Waals surface area contributed by atoms with Gasteiger partial charge in [0.05, 0.1) is 0 Å². The van der Waals surface area contributed by atoms with Crippen LogP contribution in [0.15, 0.2) is 73.1 Å². The fourth-order valence-corrected chi connectivity index (χ4v) is 2.79. The van der Waals surface area contributed by atoms with E-state index in [4.69, 9.17) is 17.3 Å². The molecule has 3 aromatic rings. The number of pyridine rings is 1. The number of hydrogen-bond donors (Lipinski definition) is 2. The Kier molecular flexibility index (Phi) is 4.34. The van der Waals surface area contributed by atoms with E-state index < -0.39 is 11.5 Å². The molecule has 1 amide bonds.